The Labute approximate surface area is 145 Å². The molecule has 1 aliphatic carbocycles. The Hall–Kier alpha value is -2.21. The van der Waals surface area contributed by atoms with Crippen molar-refractivity contribution in [3.8, 4) is 0 Å². The van der Waals surface area contributed by atoms with Gasteiger partial charge in [0, 0.05) is 16.5 Å². The van der Waals surface area contributed by atoms with Crippen LogP contribution in [-0.2, 0) is 0 Å². The number of benzene rings is 1. The third-order valence-electron chi connectivity index (χ3n) is 4.55. The Morgan fingerprint density at radius 2 is 1.96 bits per heavy atom. The molecule has 0 spiro atoms. The summed E-state index contributed by atoms with van der Waals surface area (Å²) in [7, 11) is 0. The van der Waals surface area contributed by atoms with Gasteiger partial charge in [0.2, 0.25) is 0 Å². The standard InChI is InChI=1S/C17H19ClN6/c1-10-19-17(24-23-10)22-16-13-4-2-3-5-14(13)20-15(21-16)11-6-8-12(18)9-7-11/h6-9,13-14H,2-5H2,1H3,(H2,19,20,21,22,23,24). The van der Waals surface area contributed by atoms with Crippen LogP contribution in [0.1, 0.15) is 37.1 Å². The Kier molecular flexibility index (Phi) is 4.06. The van der Waals surface area contributed by atoms with Crippen LogP contribution in [0.4, 0.5) is 5.95 Å². The molecule has 1 aromatic carbocycles. The van der Waals surface area contributed by atoms with Crippen LogP contribution in [0.2, 0.25) is 5.02 Å². The summed E-state index contributed by atoms with van der Waals surface area (Å²) in [5, 5.41) is 11.1. The normalized spacial score (nSPS) is 25.1. The number of aliphatic imine (C=N–C) groups is 2. The van der Waals surface area contributed by atoms with Crippen LogP contribution in [-0.4, -0.2) is 32.9 Å². The minimum absolute atomic E-state index is 0.268. The van der Waals surface area contributed by atoms with E-state index in [9.17, 15) is 0 Å². The van der Waals surface area contributed by atoms with E-state index in [1.165, 1.54) is 12.8 Å². The molecule has 0 saturated heterocycles. The van der Waals surface area contributed by atoms with Crippen molar-refractivity contribution >= 4 is 29.2 Å². The van der Waals surface area contributed by atoms with Crippen molar-refractivity contribution < 1.29 is 0 Å². The van der Waals surface area contributed by atoms with Gasteiger partial charge in [-0.2, -0.15) is 9.98 Å². The fraction of sp³-hybridized carbons (Fsp3) is 0.412. The number of H-pyrrole nitrogens is 1. The van der Waals surface area contributed by atoms with E-state index in [1.54, 1.807) is 0 Å². The summed E-state index contributed by atoms with van der Waals surface area (Å²) in [4.78, 5) is 13.9. The average Bonchev–Trinajstić information content (AvgIpc) is 3.00. The lowest BCUT2D eigenvalue weighted by Gasteiger charge is -2.35. The number of hydrogen-bond donors (Lipinski definition) is 2. The maximum absolute atomic E-state index is 6.00. The van der Waals surface area contributed by atoms with E-state index in [4.69, 9.17) is 16.6 Å². The molecule has 2 unspecified atom stereocenters. The monoisotopic (exact) mass is 342 g/mol. The fourth-order valence-corrected chi connectivity index (χ4v) is 3.48. The number of fused-ring (bicyclic) bond motifs is 1. The predicted molar refractivity (Wildman–Crippen MR) is 95.1 cm³/mol. The van der Waals surface area contributed by atoms with Gasteiger partial charge in [-0.05, 0) is 44.0 Å². The van der Waals surface area contributed by atoms with Crippen LogP contribution in [0, 0.1) is 12.8 Å². The summed E-state index contributed by atoms with van der Waals surface area (Å²) in [5.41, 5.74) is 1.02. The number of hydrogen-bond acceptors (Lipinski definition) is 4. The molecule has 2 atom stereocenters. The first kappa shape index (κ1) is 15.3. The number of rotatable bonds is 2. The first-order valence-corrected chi connectivity index (χ1v) is 8.65. The van der Waals surface area contributed by atoms with Gasteiger partial charge in [0.1, 0.15) is 17.5 Å². The molecule has 24 heavy (non-hydrogen) atoms. The second-order valence-corrected chi connectivity index (χ2v) is 6.72. The van der Waals surface area contributed by atoms with Crippen molar-refractivity contribution in [1.82, 2.24) is 20.5 Å². The summed E-state index contributed by atoms with van der Waals surface area (Å²) in [6, 6.07) is 7.98. The molecule has 7 heteroatoms. The van der Waals surface area contributed by atoms with Gasteiger partial charge in [0.15, 0.2) is 0 Å². The maximum Gasteiger partial charge on any atom is 0.269 e. The summed E-state index contributed by atoms with van der Waals surface area (Å²) >= 11 is 6.00. The molecule has 0 bridgehead atoms. The third kappa shape index (κ3) is 3.06. The van der Waals surface area contributed by atoms with E-state index in [1.807, 2.05) is 31.2 Å². The molecule has 1 aromatic heterocycles. The zero-order chi connectivity index (χ0) is 16.5. The van der Waals surface area contributed by atoms with Gasteiger partial charge in [-0.15, -0.1) is 5.10 Å². The van der Waals surface area contributed by atoms with Crippen molar-refractivity contribution in [2.24, 2.45) is 15.9 Å². The van der Waals surface area contributed by atoms with E-state index in [0.717, 1.165) is 40.9 Å². The summed E-state index contributed by atoms with van der Waals surface area (Å²) in [6.07, 6.45) is 4.61. The van der Waals surface area contributed by atoms with Crippen LogP contribution >= 0.6 is 11.6 Å². The van der Waals surface area contributed by atoms with Gasteiger partial charge in [0.25, 0.3) is 5.95 Å². The zero-order valence-corrected chi connectivity index (χ0v) is 14.2. The minimum Gasteiger partial charge on any atom is -0.328 e. The minimum atomic E-state index is 0.268. The van der Waals surface area contributed by atoms with Crippen molar-refractivity contribution in [2.45, 2.75) is 38.6 Å². The molecular formula is C17H19ClN6. The van der Waals surface area contributed by atoms with E-state index in [2.05, 4.69) is 25.5 Å². The van der Waals surface area contributed by atoms with Crippen LogP contribution in [0.3, 0.4) is 0 Å². The lowest BCUT2D eigenvalue weighted by Crippen LogP contribution is -2.47. The van der Waals surface area contributed by atoms with Crippen molar-refractivity contribution in [1.29, 1.82) is 0 Å². The molecule has 2 N–H and O–H groups in total. The molecule has 4 rings (SSSR count). The highest BCUT2D eigenvalue weighted by Crippen LogP contribution is 2.31. The summed E-state index contributed by atoms with van der Waals surface area (Å²) in [6.45, 7) is 1.87. The first-order chi connectivity index (χ1) is 11.7. The highest BCUT2D eigenvalue weighted by Gasteiger charge is 2.34. The van der Waals surface area contributed by atoms with Gasteiger partial charge < -0.3 is 5.32 Å². The number of aryl methyl sites for hydroxylation is 1. The molecule has 124 valence electrons. The molecule has 0 amide bonds. The number of halogens is 1. The molecule has 0 radical (unpaired) electrons. The number of aromatic nitrogens is 3. The first-order valence-electron chi connectivity index (χ1n) is 8.27. The topological polar surface area (TPSA) is 78.3 Å². The Morgan fingerprint density at radius 1 is 1.17 bits per heavy atom. The largest absolute Gasteiger partial charge is 0.328 e. The van der Waals surface area contributed by atoms with Gasteiger partial charge in [-0.3, -0.25) is 10.1 Å². The van der Waals surface area contributed by atoms with Crippen molar-refractivity contribution in [3.63, 3.8) is 0 Å². The number of nitrogens with zero attached hydrogens (tertiary/aromatic N) is 4. The molecule has 1 aliphatic heterocycles. The molecular weight excluding hydrogens is 324 g/mol. The Balaban J connectivity index is 1.70. The highest BCUT2D eigenvalue weighted by atomic mass is 35.5. The number of amidine groups is 2. The third-order valence-corrected chi connectivity index (χ3v) is 4.80. The lowest BCUT2D eigenvalue weighted by atomic mass is 9.82. The van der Waals surface area contributed by atoms with Gasteiger partial charge in [-0.1, -0.05) is 24.4 Å². The maximum atomic E-state index is 6.00. The van der Waals surface area contributed by atoms with E-state index < -0.39 is 0 Å². The smallest absolute Gasteiger partial charge is 0.269 e. The Morgan fingerprint density at radius 3 is 2.71 bits per heavy atom. The molecule has 1 saturated carbocycles. The fourth-order valence-electron chi connectivity index (χ4n) is 3.35. The van der Waals surface area contributed by atoms with Crippen LogP contribution in [0.15, 0.2) is 34.3 Å². The van der Waals surface area contributed by atoms with Crippen molar-refractivity contribution in [3.05, 3.63) is 40.7 Å². The van der Waals surface area contributed by atoms with E-state index >= 15 is 0 Å². The molecule has 1 fully saturated rings. The lowest BCUT2D eigenvalue weighted by molar-refractivity contribution is 0.372. The number of aromatic amines is 1. The SMILES string of the molecule is Cc1nc(N=C2NC(c3ccc(Cl)cc3)=NC3CCCCC23)n[nH]1. The molecule has 2 aromatic rings. The molecule has 2 aliphatic rings. The van der Waals surface area contributed by atoms with Crippen LogP contribution in [0.25, 0.3) is 0 Å². The summed E-state index contributed by atoms with van der Waals surface area (Å²) in [5.74, 6) is 3.31. The quantitative estimate of drug-likeness (QED) is 0.877. The number of nitrogens with one attached hydrogen (secondary N) is 2. The van der Waals surface area contributed by atoms with Gasteiger partial charge >= 0.3 is 0 Å². The van der Waals surface area contributed by atoms with Crippen LogP contribution < -0.4 is 5.32 Å². The van der Waals surface area contributed by atoms with Crippen molar-refractivity contribution in [2.75, 3.05) is 0 Å². The van der Waals surface area contributed by atoms with E-state index in [-0.39, 0.29) is 6.04 Å². The molecule has 6 nitrogen and oxygen atoms in total. The zero-order valence-electron chi connectivity index (χ0n) is 13.5. The predicted octanol–water partition coefficient (Wildman–Crippen LogP) is 3.41. The second-order valence-electron chi connectivity index (χ2n) is 6.29. The van der Waals surface area contributed by atoms with Gasteiger partial charge in [-0.25, -0.2) is 0 Å². The molecule has 2 heterocycles. The van der Waals surface area contributed by atoms with Gasteiger partial charge in [0.05, 0.1) is 6.04 Å². The highest BCUT2D eigenvalue weighted by molar-refractivity contribution is 6.30. The Bertz CT molecular complexity index is 792. The summed E-state index contributed by atoms with van der Waals surface area (Å²) < 4.78 is 0. The van der Waals surface area contributed by atoms with Crippen LogP contribution in [0.5, 0.6) is 0 Å². The average molecular weight is 343 g/mol. The van der Waals surface area contributed by atoms with E-state index in [0.29, 0.717) is 11.9 Å². The second kappa shape index (κ2) is 6.36.